The smallest absolute Gasteiger partial charge is 0.165 e. The Morgan fingerprint density at radius 3 is 2.55 bits per heavy atom. The second-order valence-corrected chi connectivity index (χ2v) is 5.33. The van der Waals surface area contributed by atoms with E-state index in [9.17, 15) is 4.39 Å². The molecule has 5 heteroatoms. The van der Waals surface area contributed by atoms with E-state index in [4.69, 9.17) is 21.1 Å². The second-order valence-electron chi connectivity index (χ2n) is 4.14. The van der Waals surface area contributed by atoms with Gasteiger partial charge in [0.05, 0.1) is 7.11 Å². The summed E-state index contributed by atoms with van der Waals surface area (Å²) in [7, 11) is 1.59. The van der Waals surface area contributed by atoms with Crippen LogP contribution in [0.3, 0.4) is 0 Å². The Balaban J connectivity index is 2.14. The first-order valence-electron chi connectivity index (χ1n) is 5.93. The average Bonchev–Trinajstić information content (AvgIpc) is 2.46. The van der Waals surface area contributed by atoms with Crippen molar-refractivity contribution in [1.29, 1.82) is 0 Å². The van der Waals surface area contributed by atoms with Crippen LogP contribution in [0.25, 0.3) is 0 Å². The normalized spacial score (nSPS) is 10.4. The van der Waals surface area contributed by atoms with E-state index in [2.05, 4.69) is 15.9 Å². The first kappa shape index (κ1) is 15.1. The maximum atomic E-state index is 13.8. The third kappa shape index (κ3) is 3.64. The molecule has 0 saturated heterocycles. The van der Waals surface area contributed by atoms with Gasteiger partial charge in [0.2, 0.25) is 0 Å². The van der Waals surface area contributed by atoms with Crippen molar-refractivity contribution >= 4 is 27.5 Å². The summed E-state index contributed by atoms with van der Waals surface area (Å²) in [5.41, 5.74) is 1.55. The Morgan fingerprint density at radius 1 is 1.15 bits per heavy atom. The van der Waals surface area contributed by atoms with E-state index in [1.165, 1.54) is 6.07 Å². The maximum Gasteiger partial charge on any atom is 0.165 e. The zero-order chi connectivity index (χ0) is 14.5. The van der Waals surface area contributed by atoms with Crippen LogP contribution < -0.4 is 9.47 Å². The lowest BCUT2D eigenvalue weighted by molar-refractivity contribution is 0.282. The van der Waals surface area contributed by atoms with Crippen molar-refractivity contribution in [3.05, 3.63) is 57.8 Å². The van der Waals surface area contributed by atoms with Crippen LogP contribution in [0.4, 0.5) is 4.39 Å². The number of rotatable bonds is 5. The molecule has 0 aliphatic carbocycles. The fourth-order valence-electron chi connectivity index (χ4n) is 1.76. The summed E-state index contributed by atoms with van der Waals surface area (Å²) in [4.78, 5) is 0. The lowest BCUT2D eigenvalue weighted by atomic mass is 10.2. The van der Waals surface area contributed by atoms with Gasteiger partial charge < -0.3 is 9.47 Å². The monoisotopic (exact) mass is 358 g/mol. The van der Waals surface area contributed by atoms with Crippen molar-refractivity contribution in [2.75, 3.05) is 7.11 Å². The van der Waals surface area contributed by atoms with E-state index in [-0.39, 0.29) is 18.2 Å². The molecule has 20 heavy (non-hydrogen) atoms. The molecule has 0 aromatic heterocycles. The van der Waals surface area contributed by atoms with Crippen molar-refractivity contribution in [2.45, 2.75) is 12.5 Å². The number of ether oxygens (including phenoxy) is 2. The average molecular weight is 360 g/mol. The van der Waals surface area contributed by atoms with Crippen LogP contribution in [0.2, 0.25) is 0 Å². The van der Waals surface area contributed by atoms with Gasteiger partial charge >= 0.3 is 0 Å². The molecule has 0 saturated carbocycles. The molecule has 0 aliphatic heterocycles. The molecule has 0 unspecified atom stereocenters. The molecular formula is C15H13BrClFO2. The first-order valence-corrected chi connectivity index (χ1v) is 7.26. The predicted octanol–water partition coefficient (Wildman–Crippen LogP) is 4.91. The van der Waals surface area contributed by atoms with E-state index >= 15 is 0 Å². The topological polar surface area (TPSA) is 18.5 Å². The van der Waals surface area contributed by atoms with E-state index in [1.54, 1.807) is 19.2 Å². The minimum Gasteiger partial charge on any atom is -0.496 e. The van der Waals surface area contributed by atoms with Crippen LogP contribution in [0.5, 0.6) is 11.5 Å². The van der Waals surface area contributed by atoms with Crippen molar-refractivity contribution in [1.82, 2.24) is 0 Å². The zero-order valence-electron chi connectivity index (χ0n) is 10.8. The first-order chi connectivity index (χ1) is 9.63. The fraction of sp³-hybridized carbons (Fsp3) is 0.200. The van der Waals surface area contributed by atoms with Gasteiger partial charge in [-0.05, 0) is 35.9 Å². The maximum absolute atomic E-state index is 13.8. The van der Waals surface area contributed by atoms with E-state index in [0.29, 0.717) is 5.75 Å². The molecule has 2 rings (SSSR count). The van der Waals surface area contributed by atoms with Gasteiger partial charge in [-0.3, -0.25) is 0 Å². The summed E-state index contributed by atoms with van der Waals surface area (Å²) in [5.74, 6) is 0.750. The van der Waals surface area contributed by atoms with Crippen LogP contribution in [0.15, 0.2) is 40.9 Å². The minimum absolute atomic E-state index is 0.195. The number of hydrogen-bond donors (Lipinski definition) is 0. The van der Waals surface area contributed by atoms with Crippen LogP contribution in [-0.4, -0.2) is 7.11 Å². The molecule has 2 nitrogen and oxygen atoms in total. The standard InChI is InChI=1S/C15H13BrClFO2/c1-19-14-5-3-12(16)7-11(14)9-20-15-4-2-10(8-17)6-13(15)18/h2-7H,8-9H2,1H3. The zero-order valence-corrected chi connectivity index (χ0v) is 13.2. The quantitative estimate of drug-likeness (QED) is 0.706. The molecule has 0 heterocycles. The summed E-state index contributed by atoms with van der Waals surface area (Å²) >= 11 is 9.04. The lowest BCUT2D eigenvalue weighted by Crippen LogP contribution is -2.00. The summed E-state index contributed by atoms with van der Waals surface area (Å²) < 4.78 is 25.4. The van der Waals surface area contributed by atoms with Gasteiger partial charge in [-0.2, -0.15) is 0 Å². The van der Waals surface area contributed by atoms with Crippen molar-refractivity contribution in [2.24, 2.45) is 0 Å². The summed E-state index contributed by atoms with van der Waals surface area (Å²) in [5, 5.41) is 0. The van der Waals surface area contributed by atoms with Gasteiger partial charge in [0.25, 0.3) is 0 Å². The largest absolute Gasteiger partial charge is 0.496 e. The Morgan fingerprint density at radius 2 is 1.90 bits per heavy atom. The molecule has 0 N–H and O–H groups in total. The summed E-state index contributed by atoms with van der Waals surface area (Å²) in [6, 6.07) is 10.3. The highest BCUT2D eigenvalue weighted by Gasteiger charge is 2.08. The van der Waals surface area contributed by atoms with Gasteiger partial charge in [-0.25, -0.2) is 4.39 Å². The molecular weight excluding hydrogens is 347 g/mol. The Kier molecular flexibility index (Phi) is 5.26. The molecule has 0 spiro atoms. The van der Waals surface area contributed by atoms with Crippen molar-refractivity contribution < 1.29 is 13.9 Å². The lowest BCUT2D eigenvalue weighted by Gasteiger charge is -2.11. The number of hydrogen-bond acceptors (Lipinski definition) is 2. The van der Waals surface area contributed by atoms with Gasteiger partial charge in [-0.1, -0.05) is 22.0 Å². The van der Waals surface area contributed by atoms with Crippen LogP contribution in [0, 0.1) is 5.82 Å². The summed E-state index contributed by atoms with van der Waals surface area (Å²) in [6.07, 6.45) is 0. The Bertz CT molecular complexity index is 604. The molecule has 2 aromatic rings. The number of benzene rings is 2. The third-order valence-electron chi connectivity index (χ3n) is 2.78. The molecule has 0 bridgehead atoms. The molecule has 0 radical (unpaired) electrons. The van der Waals surface area contributed by atoms with Gasteiger partial charge in [0, 0.05) is 15.9 Å². The van der Waals surface area contributed by atoms with Crippen LogP contribution >= 0.6 is 27.5 Å². The van der Waals surface area contributed by atoms with Gasteiger partial charge in [-0.15, -0.1) is 11.6 Å². The Hall–Kier alpha value is -1.26. The number of alkyl halides is 1. The SMILES string of the molecule is COc1ccc(Br)cc1COc1ccc(CCl)cc1F. The fourth-order valence-corrected chi connectivity index (χ4v) is 2.33. The number of methoxy groups -OCH3 is 1. The highest BCUT2D eigenvalue weighted by Crippen LogP contribution is 2.26. The van der Waals surface area contributed by atoms with Gasteiger partial charge in [0.1, 0.15) is 12.4 Å². The molecule has 0 aliphatic rings. The van der Waals surface area contributed by atoms with E-state index in [1.807, 2.05) is 18.2 Å². The Labute approximate surface area is 130 Å². The molecule has 0 amide bonds. The van der Waals surface area contributed by atoms with Crippen molar-refractivity contribution in [3.63, 3.8) is 0 Å². The van der Waals surface area contributed by atoms with E-state index in [0.717, 1.165) is 15.6 Å². The molecule has 106 valence electrons. The predicted molar refractivity (Wildman–Crippen MR) is 81.0 cm³/mol. The number of halogens is 3. The third-order valence-corrected chi connectivity index (χ3v) is 3.58. The second kappa shape index (κ2) is 6.95. The van der Waals surface area contributed by atoms with Gasteiger partial charge in [0.15, 0.2) is 11.6 Å². The van der Waals surface area contributed by atoms with E-state index < -0.39 is 5.82 Å². The highest BCUT2D eigenvalue weighted by atomic mass is 79.9. The van der Waals surface area contributed by atoms with Crippen molar-refractivity contribution in [3.8, 4) is 11.5 Å². The molecule has 0 fully saturated rings. The van der Waals surface area contributed by atoms with Crippen LogP contribution in [-0.2, 0) is 12.5 Å². The molecule has 2 aromatic carbocycles. The molecule has 0 atom stereocenters. The summed E-state index contributed by atoms with van der Waals surface area (Å²) in [6.45, 7) is 0.222. The highest BCUT2D eigenvalue weighted by molar-refractivity contribution is 9.10. The van der Waals surface area contributed by atoms with Crippen LogP contribution in [0.1, 0.15) is 11.1 Å². The minimum atomic E-state index is -0.419.